The molecule has 8 heteroatoms. The molecule has 0 aromatic heterocycles. The van der Waals surface area contributed by atoms with Crippen molar-refractivity contribution >= 4 is 11.7 Å². The summed E-state index contributed by atoms with van der Waals surface area (Å²) < 4.78 is 55.6. The Kier molecular flexibility index (Phi) is 5.94. The maximum Gasteiger partial charge on any atom is 0.411 e. The van der Waals surface area contributed by atoms with Gasteiger partial charge in [-0.25, -0.2) is 9.18 Å². The zero-order valence-electron chi connectivity index (χ0n) is 16.0. The Morgan fingerprint density at radius 2 is 1.93 bits per heavy atom. The van der Waals surface area contributed by atoms with Gasteiger partial charge in [0.2, 0.25) is 0 Å². The van der Waals surface area contributed by atoms with Crippen LogP contribution < -0.4 is 4.74 Å². The second-order valence-corrected chi connectivity index (χ2v) is 7.09. The minimum Gasteiger partial charge on any atom is -0.445 e. The quantitative estimate of drug-likeness (QED) is 0.710. The lowest BCUT2D eigenvalue weighted by atomic mass is 9.89. The third-order valence-electron chi connectivity index (χ3n) is 5.13. The van der Waals surface area contributed by atoms with Gasteiger partial charge in [-0.3, -0.25) is 4.90 Å². The Bertz CT molecular complexity index is 935. The molecule has 2 aliphatic heterocycles. The zero-order chi connectivity index (χ0) is 21.1. The van der Waals surface area contributed by atoms with Gasteiger partial charge in [0.15, 0.2) is 0 Å². The number of hydrogen-bond acceptors (Lipinski definition) is 4. The van der Waals surface area contributed by atoms with Crippen LogP contribution in [0.25, 0.3) is 5.57 Å². The van der Waals surface area contributed by atoms with Crippen LogP contribution in [0.4, 0.5) is 18.0 Å². The molecule has 30 heavy (non-hydrogen) atoms. The average molecular weight is 419 g/mol. The maximum absolute atomic E-state index is 14.5. The second-order valence-electron chi connectivity index (χ2n) is 7.09. The number of morpholine rings is 1. The van der Waals surface area contributed by atoms with Crippen LogP contribution in [0, 0.1) is 5.82 Å². The summed E-state index contributed by atoms with van der Waals surface area (Å²) in [6, 6.07) is 12.2. The Balaban J connectivity index is 1.56. The number of fused-ring (bicyclic) bond motifs is 2. The van der Waals surface area contributed by atoms with Crippen molar-refractivity contribution < 1.29 is 32.2 Å². The van der Waals surface area contributed by atoms with Gasteiger partial charge >= 0.3 is 12.7 Å². The summed E-state index contributed by atoms with van der Waals surface area (Å²) in [7, 11) is 0. The monoisotopic (exact) mass is 419 g/mol. The number of benzene rings is 2. The summed E-state index contributed by atoms with van der Waals surface area (Å²) in [5.41, 5.74) is 1.36. The molecule has 2 aromatic rings. The standard InChI is InChI=1S/C22H20F3NO4/c23-18-7-4-8-19(30-21(24)25)20(18)15-9-16-12-28-13-17(10-15)26(16)22(27)29-11-14-5-2-1-3-6-14/h1-9,16-17,21H,10-13H2. The fraction of sp³-hybridized carbons (Fsp3) is 0.318. The molecule has 1 saturated heterocycles. The van der Waals surface area contributed by atoms with Crippen molar-refractivity contribution in [1.82, 2.24) is 4.90 Å². The number of rotatable bonds is 5. The van der Waals surface area contributed by atoms with Crippen LogP contribution >= 0.6 is 0 Å². The number of carbonyl (C=O) groups excluding carboxylic acids is 1. The SMILES string of the molecule is O=C(OCc1ccccc1)N1C2C=C(c3c(F)cccc3OC(F)F)CC1COC2. The van der Waals surface area contributed by atoms with E-state index in [1.807, 2.05) is 30.3 Å². The van der Waals surface area contributed by atoms with Crippen molar-refractivity contribution in [3.8, 4) is 5.75 Å². The summed E-state index contributed by atoms with van der Waals surface area (Å²) >= 11 is 0. The lowest BCUT2D eigenvalue weighted by molar-refractivity contribution is -0.0503. The molecule has 2 unspecified atom stereocenters. The molecule has 4 rings (SSSR count). The largest absolute Gasteiger partial charge is 0.445 e. The van der Waals surface area contributed by atoms with Crippen LogP contribution in [0.15, 0.2) is 54.6 Å². The van der Waals surface area contributed by atoms with E-state index in [1.54, 1.807) is 11.0 Å². The zero-order valence-corrected chi connectivity index (χ0v) is 16.0. The van der Waals surface area contributed by atoms with Gasteiger partial charge in [-0.05, 0) is 29.7 Å². The summed E-state index contributed by atoms with van der Waals surface area (Å²) in [6.07, 6.45) is 1.40. The van der Waals surface area contributed by atoms with Crippen molar-refractivity contribution in [1.29, 1.82) is 0 Å². The van der Waals surface area contributed by atoms with Gasteiger partial charge in [0.05, 0.1) is 30.9 Å². The minimum absolute atomic E-state index is 0.00740. The average Bonchev–Trinajstić information content (AvgIpc) is 2.71. The first-order valence-electron chi connectivity index (χ1n) is 9.54. The minimum atomic E-state index is -3.07. The summed E-state index contributed by atoms with van der Waals surface area (Å²) in [5.74, 6) is -0.881. The van der Waals surface area contributed by atoms with E-state index in [0.717, 1.165) is 5.56 Å². The Labute approximate surface area is 171 Å². The van der Waals surface area contributed by atoms with Crippen LogP contribution in [-0.2, 0) is 16.1 Å². The first-order chi connectivity index (χ1) is 14.5. The molecule has 0 aliphatic carbocycles. The molecule has 2 atom stereocenters. The summed E-state index contributed by atoms with van der Waals surface area (Å²) in [5, 5.41) is 0. The first kappa shape index (κ1) is 20.3. The van der Waals surface area contributed by atoms with E-state index in [9.17, 15) is 18.0 Å². The number of amides is 1. The molecule has 0 saturated carbocycles. The highest BCUT2D eigenvalue weighted by Gasteiger charge is 2.40. The highest BCUT2D eigenvalue weighted by Crippen LogP contribution is 2.38. The van der Waals surface area contributed by atoms with Gasteiger partial charge in [0.25, 0.3) is 0 Å². The molecule has 2 heterocycles. The Hall–Kier alpha value is -3.00. The van der Waals surface area contributed by atoms with Gasteiger partial charge in [0.1, 0.15) is 18.2 Å². The molecule has 158 valence electrons. The number of hydrogen-bond donors (Lipinski definition) is 0. The number of ether oxygens (including phenoxy) is 3. The van der Waals surface area contributed by atoms with E-state index < -0.39 is 30.6 Å². The van der Waals surface area contributed by atoms with Crippen LogP contribution in [0.3, 0.4) is 0 Å². The number of alkyl halides is 2. The van der Waals surface area contributed by atoms with Gasteiger partial charge in [-0.1, -0.05) is 42.5 Å². The van der Waals surface area contributed by atoms with E-state index in [2.05, 4.69) is 4.74 Å². The van der Waals surface area contributed by atoms with Gasteiger partial charge in [-0.2, -0.15) is 8.78 Å². The molecular weight excluding hydrogens is 399 g/mol. The predicted molar refractivity (Wildman–Crippen MR) is 102 cm³/mol. The summed E-state index contributed by atoms with van der Waals surface area (Å²) in [4.78, 5) is 14.3. The first-order valence-corrected chi connectivity index (χ1v) is 9.54. The molecule has 0 N–H and O–H groups in total. The van der Waals surface area contributed by atoms with E-state index >= 15 is 0 Å². The van der Waals surface area contributed by atoms with Gasteiger partial charge in [0, 0.05) is 0 Å². The van der Waals surface area contributed by atoms with Crippen LogP contribution in [0.2, 0.25) is 0 Å². The molecular formula is C22H20F3NO4. The molecule has 2 bridgehead atoms. The Morgan fingerprint density at radius 1 is 1.13 bits per heavy atom. The summed E-state index contributed by atoms with van der Waals surface area (Å²) in [6.45, 7) is -2.48. The predicted octanol–water partition coefficient (Wildman–Crippen LogP) is 4.62. The van der Waals surface area contributed by atoms with Gasteiger partial charge in [-0.15, -0.1) is 0 Å². The molecule has 1 fully saturated rings. The number of halogens is 3. The number of nitrogens with zero attached hydrogens (tertiary/aromatic N) is 1. The number of carbonyl (C=O) groups is 1. The topological polar surface area (TPSA) is 48.0 Å². The third-order valence-corrected chi connectivity index (χ3v) is 5.13. The molecule has 2 aromatic carbocycles. The lowest BCUT2D eigenvalue weighted by Gasteiger charge is -2.43. The van der Waals surface area contributed by atoms with Crippen molar-refractivity contribution in [3.05, 3.63) is 71.6 Å². The normalized spacial score (nSPS) is 20.7. The molecule has 0 spiro atoms. The van der Waals surface area contributed by atoms with Crippen molar-refractivity contribution in [2.45, 2.75) is 31.7 Å². The van der Waals surface area contributed by atoms with E-state index in [-0.39, 0.29) is 37.6 Å². The van der Waals surface area contributed by atoms with E-state index in [1.165, 1.54) is 18.2 Å². The highest BCUT2D eigenvalue weighted by atomic mass is 19.3. The van der Waals surface area contributed by atoms with Crippen molar-refractivity contribution in [2.24, 2.45) is 0 Å². The van der Waals surface area contributed by atoms with E-state index in [0.29, 0.717) is 5.57 Å². The lowest BCUT2D eigenvalue weighted by Crippen LogP contribution is -2.56. The molecule has 2 aliphatic rings. The van der Waals surface area contributed by atoms with Gasteiger partial charge < -0.3 is 14.2 Å². The Morgan fingerprint density at radius 3 is 2.67 bits per heavy atom. The van der Waals surface area contributed by atoms with Crippen LogP contribution in [-0.4, -0.2) is 42.9 Å². The van der Waals surface area contributed by atoms with Crippen molar-refractivity contribution in [2.75, 3.05) is 13.2 Å². The molecule has 5 nitrogen and oxygen atoms in total. The van der Waals surface area contributed by atoms with Crippen LogP contribution in [0.1, 0.15) is 17.5 Å². The fourth-order valence-corrected chi connectivity index (χ4v) is 3.87. The van der Waals surface area contributed by atoms with Crippen LogP contribution in [0.5, 0.6) is 5.75 Å². The fourth-order valence-electron chi connectivity index (χ4n) is 3.87. The maximum atomic E-state index is 14.5. The van der Waals surface area contributed by atoms with Crippen molar-refractivity contribution in [3.63, 3.8) is 0 Å². The molecule has 0 radical (unpaired) electrons. The smallest absolute Gasteiger partial charge is 0.411 e. The highest BCUT2D eigenvalue weighted by molar-refractivity contribution is 5.77. The molecule has 1 amide bonds. The third kappa shape index (κ3) is 4.28. The second kappa shape index (κ2) is 8.79. The van der Waals surface area contributed by atoms with E-state index in [4.69, 9.17) is 9.47 Å².